The number of nitrogens with zero attached hydrogens (tertiary/aromatic N) is 2. The summed E-state index contributed by atoms with van der Waals surface area (Å²) in [4.78, 5) is 31.7. The largest absolute Gasteiger partial charge is 0.492 e. The van der Waals surface area contributed by atoms with E-state index in [0.29, 0.717) is 29.8 Å². The number of amides is 2. The molecule has 2 aromatic carbocycles. The van der Waals surface area contributed by atoms with Crippen molar-refractivity contribution in [1.82, 2.24) is 4.90 Å². The molecule has 0 saturated carbocycles. The number of anilines is 1. The number of thioether (sulfide) groups is 1. The van der Waals surface area contributed by atoms with Crippen molar-refractivity contribution >= 4 is 40.1 Å². The molecule has 7 heteroatoms. The molecule has 0 bridgehead atoms. The predicted octanol–water partition coefficient (Wildman–Crippen LogP) is 4.54. The number of benzene rings is 2. The minimum absolute atomic E-state index is 0.0671. The number of hydrogen-bond acceptors (Lipinski definition) is 5. The van der Waals surface area contributed by atoms with Gasteiger partial charge in [-0.2, -0.15) is 0 Å². The summed E-state index contributed by atoms with van der Waals surface area (Å²) >= 11 is 1.29. The van der Waals surface area contributed by atoms with Crippen molar-refractivity contribution in [3.8, 4) is 5.75 Å². The molecule has 1 aliphatic heterocycles. The molecule has 1 saturated heterocycles. The number of ether oxygens (including phenoxy) is 1. The molecule has 156 valence electrons. The molecule has 2 aromatic rings. The molecule has 1 atom stereocenters. The number of carbonyl (C=O) groups is 2. The van der Waals surface area contributed by atoms with Gasteiger partial charge in [0.25, 0.3) is 0 Å². The van der Waals surface area contributed by atoms with Gasteiger partial charge in [-0.15, -0.1) is 6.58 Å². The van der Waals surface area contributed by atoms with Gasteiger partial charge < -0.3 is 10.1 Å². The highest BCUT2D eigenvalue weighted by Gasteiger charge is 2.38. The van der Waals surface area contributed by atoms with Gasteiger partial charge in [0.2, 0.25) is 11.8 Å². The maximum Gasteiger partial charge on any atom is 0.242 e. The number of nitrogens with one attached hydrogen (secondary N) is 1. The lowest BCUT2D eigenvalue weighted by molar-refractivity contribution is -0.127. The normalized spacial score (nSPS) is 17.3. The quantitative estimate of drug-likeness (QED) is 0.633. The first-order valence-corrected chi connectivity index (χ1v) is 10.7. The van der Waals surface area contributed by atoms with Crippen molar-refractivity contribution in [3.05, 3.63) is 66.7 Å². The molecular formula is C23H25N3O3S. The highest BCUT2D eigenvalue weighted by atomic mass is 32.2. The smallest absolute Gasteiger partial charge is 0.242 e. The van der Waals surface area contributed by atoms with Gasteiger partial charge >= 0.3 is 0 Å². The van der Waals surface area contributed by atoms with Crippen molar-refractivity contribution in [2.24, 2.45) is 4.99 Å². The van der Waals surface area contributed by atoms with Crippen LogP contribution in [0, 0.1) is 6.92 Å². The summed E-state index contributed by atoms with van der Waals surface area (Å²) in [5, 5.41) is 2.90. The van der Waals surface area contributed by atoms with Gasteiger partial charge in [0.15, 0.2) is 5.17 Å². The van der Waals surface area contributed by atoms with Gasteiger partial charge in [-0.05, 0) is 37.6 Å². The first kappa shape index (κ1) is 21.6. The first-order valence-electron chi connectivity index (χ1n) is 9.78. The summed E-state index contributed by atoms with van der Waals surface area (Å²) < 4.78 is 5.63. The zero-order chi connectivity index (χ0) is 21.5. The second kappa shape index (κ2) is 10.1. The standard InChI is InChI=1S/C23H25N3O3S/c1-4-14-26-22(28)20(15-21(27)24-17-11-7-6-10-16(17)3)30-23(26)25-18-12-8-9-13-19(18)29-5-2/h4,6-13,20H,1,5,14-15H2,2-3H3,(H,24,27)/t20-/m1/s1. The maximum atomic E-state index is 12.9. The SMILES string of the molecule is C=CCN1C(=O)[C@@H](CC(=O)Nc2ccccc2C)SC1=Nc1ccccc1OCC. The molecule has 30 heavy (non-hydrogen) atoms. The Morgan fingerprint density at radius 1 is 1.27 bits per heavy atom. The average Bonchev–Trinajstić information content (AvgIpc) is 3.00. The summed E-state index contributed by atoms with van der Waals surface area (Å²) in [6, 6.07) is 15.0. The van der Waals surface area contributed by atoms with Crippen LogP contribution in [-0.2, 0) is 9.59 Å². The zero-order valence-corrected chi connectivity index (χ0v) is 17.9. The highest BCUT2D eigenvalue weighted by molar-refractivity contribution is 8.15. The summed E-state index contributed by atoms with van der Waals surface area (Å²) in [5.74, 6) is 0.303. The van der Waals surface area contributed by atoms with Gasteiger partial charge in [0, 0.05) is 18.7 Å². The minimum Gasteiger partial charge on any atom is -0.492 e. The van der Waals surface area contributed by atoms with Crippen LogP contribution >= 0.6 is 11.8 Å². The van der Waals surface area contributed by atoms with E-state index in [0.717, 1.165) is 11.3 Å². The summed E-state index contributed by atoms with van der Waals surface area (Å²) in [5.41, 5.74) is 2.37. The van der Waals surface area contributed by atoms with Crippen LogP contribution in [0.15, 0.2) is 66.2 Å². The molecule has 0 radical (unpaired) electrons. The lowest BCUT2D eigenvalue weighted by Crippen LogP contribution is -2.33. The van der Waals surface area contributed by atoms with Crippen LogP contribution in [-0.4, -0.2) is 40.3 Å². The average molecular weight is 424 g/mol. The van der Waals surface area contributed by atoms with Crippen LogP contribution in [0.4, 0.5) is 11.4 Å². The van der Waals surface area contributed by atoms with Gasteiger partial charge in [-0.25, -0.2) is 4.99 Å². The predicted molar refractivity (Wildman–Crippen MR) is 122 cm³/mol. The van der Waals surface area contributed by atoms with Crippen molar-refractivity contribution in [1.29, 1.82) is 0 Å². The van der Waals surface area contributed by atoms with Crippen LogP contribution in [0.1, 0.15) is 18.9 Å². The van der Waals surface area contributed by atoms with Crippen LogP contribution in [0.2, 0.25) is 0 Å². The van der Waals surface area contributed by atoms with Gasteiger partial charge in [-0.1, -0.05) is 48.2 Å². The van der Waals surface area contributed by atoms with Crippen molar-refractivity contribution < 1.29 is 14.3 Å². The number of aryl methyl sites for hydroxylation is 1. The third-order valence-electron chi connectivity index (χ3n) is 4.50. The van der Waals surface area contributed by atoms with E-state index in [1.54, 1.807) is 11.0 Å². The molecule has 6 nitrogen and oxygen atoms in total. The lowest BCUT2D eigenvalue weighted by Gasteiger charge is -2.14. The van der Waals surface area contributed by atoms with Crippen LogP contribution in [0.3, 0.4) is 0 Å². The molecule has 0 aromatic heterocycles. The van der Waals surface area contributed by atoms with E-state index in [2.05, 4.69) is 16.9 Å². The number of amidine groups is 1. The number of hydrogen-bond donors (Lipinski definition) is 1. The number of carbonyl (C=O) groups excluding carboxylic acids is 2. The Balaban J connectivity index is 1.78. The fraction of sp³-hybridized carbons (Fsp3) is 0.261. The Morgan fingerprint density at radius 2 is 2.00 bits per heavy atom. The number of rotatable bonds is 8. The molecule has 2 amide bonds. The molecule has 1 aliphatic rings. The fourth-order valence-electron chi connectivity index (χ4n) is 3.04. The third kappa shape index (κ3) is 5.10. The Bertz CT molecular complexity index is 974. The Morgan fingerprint density at radius 3 is 2.73 bits per heavy atom. The van der Waals surface area contributed by atoms with Crippen LogP contribution in [0.25, 0.3) is 0 Å². The van der Waals surface area contributed by atoms with E-state index in [-0.39, 0.29) is 18.2 Å². The molecule has 3 rings (SSSR count). The minimum atomic E-state index is -0.535. The highest BCUT2D eigenvalue weighted by Crippen LogP contribution is 2.34. The van der Waals surface area contributed by atoms with Crippen LogP contribution < -0.4 is 10.1 Å². The fourth-order valence-corrected chi connectivity index (χ4v) is 4.20. The van der Waals surface area contributed by atoms with E-state index in [4.69, 9.17) is 4.74 Å². The van der Waals surface area contributed by atoms with Crippen molar-refractivity contribution in [2.45, 2.75) is 25.5 Å². The van der Waals surface area contributed by atoms with Gasteiger partial charge in [0.05, 0.1) is 6.61 Å². The van der Waals surface area contributed by atoms with E-state index in [9.17, 15) is 9.59 Å². The first-order chi connectivity index (χ1) is 14.5. The Labute approximate surface area is 181 Å². The van der Waals surface area contributed by atoms with Crippen LogP contribution in [0.5, 0.6) is 5.75 Å². The van der Waals surface area contributed by atoms with Crippen molar-refractivity contribution in [2.75, 3.05) is 18.5 Å². The maximum absolute atomic E-state index is 12.9. The van der Waals surface area contributed by atoms with E-state index in [1.807, 2.05) is 62.4 Å². The Hall–Kier alpha value is -3.06. The molecule has 1 N–H and O–H groups in total. The summed E-state index contributed by atoms with van der Waals surface area (Å²) in [6.45, 7) is 8.42. The number of aliphatic imine (C=N–C) groups is 1. The lowest BCUT2D eigenvalue weighted by atomic mass is 10.2. The monoisotopic (exact) mass is 423 g/mol. The van der Waals surface area contributed by atoms with Gasteiger partial charge in [0.1, 0.15) is 16.7 Å². The molecule has 0 unspecified atom stereocenters. The Kier molecular flexibility index (Phi) is 7.30. The molecule has 0 aliphatic carbocycles. The summed E-state index contributed by atoms with van der Waals surface area (Å²) in [7, 11) is 0. The van der Waals surface area contributed by atoms with Crippen molar-refractivity contribution in [3.63, 3.8) is 0 Å². The van der Waals surface area contributed by atoms with E-state index < -0.39 is 5.25 Å². The van der Waals surface area contributed by atoms with Gasteiger partial charge in [-0.3, -0.25) is 14.5 Å². The zero-order valence-electron chi connectivity index (χ0n) is 17.1. The molecular weight excluding hydrogens is 398 g/mol. The molecule has 1 heterocycles. The van der Waals surface area contributed by atoms with E-state index in [1.165, 1.54) is 11.8 Å². The molecule has 0 spiro atoms. The topological polar surface area (TPSA) is 71.0 Å². The third-order valence-corrected chi connectivity index (χ3v) is 5.68. The van der Waals surface area contributed by atoms with E-state index >= 15 is 0 Å². The second-order valence-electron chi connectivity index (χ2n) is 6.71. The second-order valence-corrected chi connectivity index (χ2v) is 7.88. The number of para-hydroxylation sites is 3. The molecule has 1 fully saturated rings. The summed E-state index contributed by atoms with van der Waals surface area (Å²) in [6.07, 6.45) is 1.72.